The summed E-state index contributed by atoms with van der Waals surface area (Å²) in [6, 6.07) is 9.54. The second-order valence-electron chi connectivity index (χ2n) is 7.24. The van der Waals surface area contributed by atoms with Crippen molar-refractivity contribution in [3.8, 4) is 23.0 Å². The van der Waals surface area contributed by atoms with Crippen molar-refractivity contribution in [1.82, 2.24) is 25.4 Å². The molecule has 0 spiro atoms. The SMILES string of the molecule is CC1=C(c2ccn(-c3cc(-c4c(F)cccc4C#N)nc4c3C(=O)NC4)n2)CNC1=O. The van der Waals surface area contributed by atoms with Crippen molar-refractivity contribution in [3.63, 3.8) is 0 Å². The van der Waals surface area contributed by atoms with E-state index < -0.39 is 5.82 Å². The number of fused-ring (bicyclic) bond motifs is 1. The van der Waals surface area contributed by atoms with E-state index in [0.717, 1.165) is 5.57 Å². The first-order valence-corrected chi connectivity index (χ1v) is 9.53. The Balaban J connectivity index is 1.70. The number of hydrogen-bond donors (Lipinski definition) is 2. The first kappa shape index (κ1) is 18.7. The van der Waals surface area contributed by atoms with Gasteiger partial charge in [0.2, 0.25) is 5.91 Å². The highest BCUT2D eigenvalue weighted by molar-refractivity contribution is 6.05. The number of nitrogens with one attached hydrogen (secondary N) is 2. The van der Waals surface area contributed by atoms with Gasteiger partial charge in [-0.2, -0.15) is 10.4 Å². The number of carbonyl (C=O) groups is 2. The van der Waals surface area contributed by atoms with Gasteiger partial charge in [-0.05, 0) is 31.2 Å². The minimum atomic E-state index is -0.577. The van der Waals surface area contributed by atoms with E-state index in [1.165, 1.54) is 22.9 Å². The molecule has 152 valence electrons. The fraction of sp³-hybridized carbons (Fsp3) is 0.136. The molecule has 0 unspecified atom stereocenters. The molecular formula is C22H15FN6O2. The van der Waals surface area contributed by atoms with E-state index in [4.69, 9.17) is 0 Å². The zero-order valence-corrected chi connectivity index (χ0v) is 16.4. The molecule has 4 heterocycles. The van der Waals surface area contributed by atoms with Crippen LogP contribution in [0.1, 0.15) is 34.2 Å². The van der Waals surface area contributed by atoms with E-state index in [-0.39, 0.29) is 35.2 Å². The number of amides is 2. The smallest absolute Gasteiger partial charge is 0.255 e. The number of halogens is 1. The van der Waals surface area contributed by atoms with Crippen LogP contribution in [0.15, 0.2) is 42.1 Å². The van der Waals surface area contributed by atoms with Crippen LogP contribution < -0.4 is 10.6 Å². The number of hydrogen-bond acceptors (Lipinski definition) is 5. The van der Waals surface area contributed by atoms with Crippen molar-refractivity contribution in [2.45, 2.75) is 13.5 Å². The third-order valence-electron chi connectivity index (χ3n) is 5.47. The number of pyridine rings is 1. The maximum atomic E-state index is 14.6. The van der Waals surface area contributed by atoms with E-state index in [0.29, 0.717) is 34.8 Å². The van der Waals surface area contributed by atoms with E-state index in [9.17, 15) is 19.2 Å². The Morgan fingerprint density at radius 3 is 2.65 bits per heavy atom. The van der Waals surface area contributed by atoms with Gasteiger partial charge in [-0.1, -0.05) is 6.07 Å². The maximum Gasteiger partial charge on any atom is 0.255 e. The zero-order chi connectivity index (χ0) is 21.7. The molecular weight excluding hydrogens is 399 g/mol. The Kier molecular flexibility index (Phi) is 4.15. The van der Waals surface area contributed by atoms with Crippen molar-refractivity contribution in [1.29, 1.82) is 5.26 Å². The molecule has 3 aromatic rings. The lowest BCUT2D eigenvalue weighted by atomic mass is 10.0. The molecule has 5 rings (SSSR count). The van der Waals surface area contributed by atoms with Crippen LogP contribution in [0.25, 0.3) is 22.5 Å². The van der Waals surface area contributed by atoms with Gasteiger partial charge in [-0.15, -0.1) is 0 Å². The minimum absolute atomic E-state index is 0.0740. The Hall–Kier alpha value is -4.32. The first-order chi connectivity index (χ1) is 15.0. The summed E-state index contributed by atoms with van der Waals surface area (Å²) in [5, 5.41) is 19.5. The van der Waals surface area contributed by atoms with Gasteiger partial charge in [-0.3, -0.25) is 9.59 Å². The fourth-order valence-corrected chi connectivity index (χ4v) is 3.87. The predicted octanol–water partition coefficient (Wildman–Crippen LogP) is 2.09. The summed E-state index contributed by atoms with van der Waals surface area (Å²) >= 11 is 0. The predicted molar refractivity (Wildman–Crippen MR) is 108 cm³/mol. The number of nitriles is 1. The highest BCUT2D eigenvalue weighted by atomic mass is 19.1. The summed E-state index contributed by atoms with van der Waals surface area (Å²) in [6.45, 7) is 2.30. The molecule has 2 aliphatic rings. The molecule has 0 fully saturated rings. The van der Waals surface area contributed by atoms with E-state index in [1.54, 1.807) is 25.3 Å². The summed E-state index contributed by atoms with van der Waals surface area (Å²) in [7, 11) is 0. The van der Waals surface area contributed by atoms with Crippen molar-refractivity contribution in [2.24, 2.45) is 0 Å². The van der Waals surface area contributed by atoms with Crippen molar-refractivity contribution in [2.75, 3.05) is 6.54 Å². The lowest BCUT2D eigenvalue weighted by Gasteiger charge is -2.11. The number of rotatable bonds is 3. The van der Waals surface area contributed by atoms with Gasteiger partial charge in [-0.25, -0.2) is 14.1 Å². The third-order valence-corrected chi connectivity index (χ3v) is 5.47. The number of nitrogens with zero attached hydrogens (tertiary/aromatic N) is 4. The van der Waals surface area contributed by atoms with Crippen molar-refractivity contribution in [3.05, 3.63) is 70.4 Å². The molecule has 0 saturated carbocycles. The molecule has 0 bridgehead atoms. The van der Waals surface area contributed by atoms with Gasteiger partial charge in [0.05, 0.1) is 52.1 Å². The standard InChI is InChI=1S/C22H15FN6O2/c1-11-13(9-25-21(11)30)15-5-6-29(28-15)18-7-16(27-17-10-26-22(31)20(17)18)19-12(8-24)3-2-4-14(19)23/h2-7H,9-10H2,1H3,(H,25,30)(H,26,31). The van der Waals surface area contributed by atoms with Crippen molar-refractivity contribution < 1.29 is 14.0 Å². The lowest BCUT2D eigenvalue weighted by Crippen LogP contribution is -2.16. The average Bonchev–Trinajstić information content (AvgIpc) is 3.47. The molecule has 9 heteroatoms. The van der Waals surface area contributed by atoms with Gasteiger partial charge in [0, 0.05) is 23.9 Å². The molecule has 0 atom stereocenters. The number of carbonyl (C=O) groups excluding carboxylic acids is 2. The van der Waals surface area contributed by atoms with Gasteiger partial charge in [0.1, 0.15) is 5.82 Å². The molecule has 2 aliphatic heterocycles. The highest BCUT2D eigenvalue weighted by Gasteiger charge is 2.28. The topological polar surface area (TPSA) is 113 Å². The largest absolute Gasteiger partial charge is 0.348 e. The Labute approximate surface area is 176 Å². The van der Waals surface area contributed by atoms with Gasteiger partial charge in [0.15, 0.2) is 0 Å². The normalized spacial score (nSPS) is 15.0. The number of aromatic nitrogens is 3. The second kappa shape index (κ2) is 6.88. The third kappa shape index (κ3) is 2.88. The van der Waals surface area contributed by atoms with Crippen LogP contribution in [0.4, 0.5) is 4.39 Å². The maximum absolute atomic E-state index is 14.6. The molecule has 2 amide bonds. The van der Waals surface area contributed by atoms with Crippen LogP contribution >= 0.6 is 0 Å². The molecule has 0 radical (unpaired) electrons. The molecule has 8 nitrogen and oxygen atoms in total. The van der Waals surface area contributed by atoms with E-state index in [1.807, 2.05) is 6.07 Å². The Morgan fingerprint density at radius 1 is 1.10 bits per heavy atom. The summed E-state index contributed by atoms with van der Waals surface area (Å²) in [5.74, 6) is -1.02. The summed E-state index contributed by atoms with van der Waals surface area (Å²) in [6.07, 6.45) is 1.68. The van der Waals surface area contributed by atoms with Crippen LogP contribution in [0.2, 0.25) is 0 Å². The van der Waals surface area contributed by atoms with Gasteiger partial charge < -0.3 is 10.6 Å². The van der Waals surface area contributed by atoms with Crippen LogP contribution in [-0.4, -0.2) is 33.1 Å². The van der Waals surface area contributed by atoms with Crippen molar-refractivity contribution >= 4 is 17.4 Å². The quantitative estimate of drug-likeness (QED) is 0.682. The Morgan fingerprint density at radius 2 is 1.90 bits per heavy atom. The second-order valence-corrected chi connectivity index (χ2v) is 7.24. The monoisotopic (exact) mass is 414 g/mol. The summed E-state index contributed by atoms with van der Waals surface area (Å²) < 4.78 is 16.1. The van der Waals surface area contributed by atoms with E-state index >= 15 is 0 Å². The summed E-state index contributed by atoms with van der Waals surface area (Å²) in [4.78, 5) is 28.7. The first-order valence-electron chi connectivity index (χ1n) is 9.53. The van der Waals surface area contributed by atoms with Crippen LogP contribution in [0, 0.1) is 17.1 Å². The highest BCUT2D eigenvalue weighted by Crippen LogP contribution is 2.31. The zero-order valence-electron chi connectivity index (χ0n) is 16.4. The summed E-state index contributed by atoms with van der Waals surface area (Å²) in [5.41, 5.74) is 3.65. The molecule has 2 aromatic heterocycles. The molecule has 1 aromatic carbocycles. The molecule has 31 heavy (non-hydrogen) atoms. The van der Waals surface area contributed by atoms with Crippen LogP contribution in [0.5, 0.6) is 0 Å². The number of benzene rings is 1. The van der Waals surface area contributed by atoms with Crippen LogP contribution in [0.3, 0.4) is 0 Å². The van der Waals surface area contributed by atoms with E-state index in [2.05, 4.69) is 20.7 Å². The van der Waals surface area contributed by atoms with Gasteiger partial charge >= 0.3 is 0 Å². The van der Waals surface area contributed by atoms with Gasteiger partial charge in [0.25, 0.3) is 5.91 Å². The molecule has 2 N–H and O–H groups in total. The fourth-order valence-electron chi connectivity index (χ4n) is 3.87. The average molecular weight is 414 g/mol. The molecule has 0 saturated heterocycles. The minimum Gasteiger partial charge on any atom is -0.348 e. The van der Waals surface area contributed by atoms with Crippen LogP contribution in [-0.2, 0) is 11.3 Å². The lowest BCUT2D eigenvalue weighted by molar-refractivity contribution is -0.116. The molecule has 0 aliphatic carbocycles. The Bertz CT molecular complexity index is 1360.